The molecule has 0 aliphatic carbocycles. The summed E-state index contributed by atoms with van der Waals surface area (Å²) < 4.78 is 5.34. The van der Waals surface area contributed by atoms with Gasteiger partial charge in [-0.05, 0) is 23.6 Å². The van der Waals surface area contributed by atoms with Crippen molar-refractivity contribution in [1.82, 2.24) is 4.98 Å². The van der Waals surface area contributed by atoms with Crippen LogP contribution in [0.1, 0.15) is 11.1 Å². The third-order valence-electron chi connectivity index (χ3n) is 2.31. The lowest BCUT2D eigenvalue weighted by Crippen LogP contribution is -2.15. The number of ether oxygens (including phenoxy) is 1. The summed E-state index contributed by atoms with van der Waals surface area (Å²) in [4.78, 5) is 4.28. The molecular weight excluding hydrogens is 178 g/mol. The molecule has 0 saturated carbocycles. The Labute approximate surface area is 83.5 Å². The van der Waals surface area contributed by atoms with Crippen LogP contribution >= 0.6 is 0 Å². The fraction of sp³-hybridized carbons (Fsp3) is 0.500. The zero-order valence-electron chi connectivity index (χ0n) is 8.12. The van der Waals surface area contributed by atoms with Gasteiger partial charge >= 0.3 is 0 Å². The molecule has 14 heavy (non-hydrogen) atoms. The van der Waals surface area contributed by atoms with Crippen LogP contribution in [0.3, 0.4) is 0 Å². The molecule has 0 atom stereocenters. The van der Waals surface area contributed by atoms with E-state index in [1.807, 2.05) is 6.20 Å². The molecule has 2 rings (SSSR count). The van der Waals surface area contributed by atoms with Gasteiger partial charge < -0.3 is 15.8 Å². The van der Waals surface area contributed by atoms with Crippen molar-refractivity contribution in [2.75, 3.05) is 25.0 Å². The van der Waals surface area contributed by atoms with Crippen LogP contribution in [0.15, 0.2) is 12.3 Å². The van der Waals surface area contributed by atoms with E-state index in [0.717, 1.165) is 25.4 Å². The molecule has 2 heterocycles. The van der Waals surface area contributed by atoms with Gasteiger partial charge in [0.25, 0.3) is 0 Å². The number of hydrogen-bond donors (Lipinski definition) is 2. The number of fused-ring (bicyclic) bond motifs is 1. The van der Waals surface area contributed by atoms with E-state index in [2.05, 4.69) is 16.4 Å². The van der Waals surface area contributed by atoms with Gasteiger partial charge in [-0.25, -0.2) is 4.98 Å². The minimum absolute atomic E-state index is 0.627. The Hall–Kier alpha value is -1.13. The summed E-state index contributed by atoms with van der Waals surface area (Å²) in [7, 11) is 0. The first-order valence-electron chi connectivity index (χ1n) is 4.89. The van der Waals surface area contributed by atoms with Crippen LogP contribution in [0.2, 0.25) is 0 Å². The Bertz CT molecular complexity index is 314. The van der Waals surface area contributed by atoms with Crippen molar-refractivity contribution >= 4 is 5.82 Å². The average Bonchev–Trinajstić information content (AvgIpc) is 2.26. The molecular formula is C10H15N3O. The van der Waals surface area contributed by atoms with Crippen LogP contribution in [0, 0.1) is 0 Å². The molecule has 3 N–H and O–H groups in total. The highest BCUT2D eigenvalue weighted by Crippen LogP contribution is 2.18. The van der Waals surface area contributed by atoms with Gasteiger partial charge in [0.2, 0.25) is 0 Å². The molecule has 1 aromatic heterocycles. The summed E-state index contributed by atoms with van der Waals surface area (Å²) in [6, 6.07) is 2.09. The number of nitrogens with one attached hydrogen (secondary N) is 1. The highest BCUT2D eigenvalue weighted by molar-refractivity contribution is 5.41. The second-order valence-electron chi connectivity index (χ2n) is 3.36. The second kappa shape index (κ2) is 4.39. The Balaban J connectivity index is 2.12. The van der Waals surface area contributed by atoms with Crippen LogP contribution in [-0.4, -0.2) is 24.7 Å². The fourth-order valence-corrected chi connectivity index (χ4v) is 1.55. The number of aromatic nitrogens is 1. The van der Waals surface area contributed by atoms with Crippen molar-refractivity contribution in [3.63, 3.8) is 0 Å². The summed E-state index contributed by atoms with van der Waals surface area (Å²) in [6.07, 6.45) is 2.86. The van der Waals surface area contributed by atoms with Gasteiger partial charge in [0, 0.05) is 19.3 Å². The van der Waals surface area contributed by atoms with Crippen molar-refractivity contribution < 1.29 is 4.74 Å². The molecule has 1 aromatic rings. The summed E-state index contributed by atoms with van der Waals surface area (Å²) in [5.41, 5.74) is 7.95. The Kier molecular flexibility index (Phi) is 2.96. The van der Waals surface area contributed by atoms with E-state index in [-0.39, 0.29) is 0 Å². The van der Waals surface area contributed by atoms with Gasteiger partial charge in [-0.2, -0.15) is 0 Å². The molecule has 0 saturated heterocycles. The number of pyridine rings is 1. The predicted molar refractivity (Wildman–Crippen MR) is 55.1 cm³/mol. The molecule has 1 aliphatic rings. The second-order valence-corrected chi connectivity index (χ2v) is 3.36. The van der Waals surface area contributed by atoms with E-state index in [0.29, 0.717) is 13.2 Å². The van der Waals surface area contributed by atoms with Gasteiger partial charge in [0.1, 0.15) is 5.82 Å². The van der Waals surface area contributed by atoms with Crippen molar-refractivity contribution in [2.45, 2.75) is 13.0 Å². The monoisotopic (exact) mass is 193 g/mol. The summed E-state index contributed by atoms with van der Waals surface area (Å²) >= 11 is 0. The number of anilines is 1. The maximum atomic E-state index is 5.40. The molecule has 0 fully saturated rings. The Morgan fingerprint density at radius 1 is 1.50 bits per heavy atom. The lowest BCUT2D eigenvalue weighted by Gasteiger charge is -2.16. The minimum Gasteiger partial charge on any atom is -0.376 e. The Morgan fingerprint density at radius 3 is 3.29 bits per heavy atom. The zero-order chi connectivity index (χ0) is 9.80. The van der Waals surface area contributed by atoms with Gasteiger partial charge in [-0.3, -0.25) is 0 Å². The third kappa shape index (κ3) is 2.02. The van der Waals surface area contributed by atoms with Crippen LogP contribution < -0.4 is 11.1 Å². The zero-order valence-corrected chi connectivity index (χ0v) is 8.12. The van der Waals surface area contributed by atoms with E-state index < -0.39 is 0 Å². The number of hydrogen-bond acceptors (Lipinski definition) is 4. The van der Waals surface area contributed by atoms with Crippen LogP contribution in [-0.2, 0) is 17.8 Å². The molecule has 4 heteroatoms. The molecule has 0 unspecified atom stereocenters. The highest BCUT2D eigenvalue weighted by Gasteiger charge is 2.09. The topological polar surface area (TPSA) is 60.2 Å². The summed E-state index contributed by atoms with van der Waals surface area (Å²) in [6.45, 7) is 2.90. The van der Waals surface area contributed by atoms with Crippen LogP contribution in [0.4, 0.5) is 5.82 Å². The van der Waals surface area contributed by atoms with E-state index in [9.17, 15) is 0 Å². The summed E-state index contributed by atoms with van der Waals surface area (Å²) in [5.74, 6) is 0.913. The highest BCUT2D eigenvalue weighted by atomic mass is 16.5. The lowest BCUT2D eigenvalue weighted by molar-refractivity contribution is 0.110. The molecule has 1 aliphatic heterocycles. The number of nitrogens with two attached hydrogens (primary N) is 1. The van der Waals surface area contributed by atoms with Crippen molar-refractivity contribution in [2.24, 2.45) is 5.73 Å². The smallest absolute Gasteiger partial charge is 0.126 e. The molecule has 76 valence electrons. The first-order chi connectivity index (χ1) is 6.90. The largest absolute Gasteiger partial charge is 0.376 e. The quantitative estimate of drug-likeness (QED) is 0.735. The lowest BCUT2D eigenvalue weighted by atomic mass is 10.1. The normalized spacial score (nSPS) is 14.9. The number of rotatable bonds is 3. The average molecular weight is 193 g/mol. The Morgan fingerprint density at radius 2 is 2.43 bits per heavy atom. The fourth-order valence-electron chi connectivity index (χ4n) is 1.55. The SMILES string of the molecule is NCCNc1cc2c(cn1)COCC2. The molecule has 0 amide bonds. The number of nitrogens with zero attached hydrogens (tertiary/aromatic N) is 1. The maximum absolute atomic E-state index is 5.40. The summed E-state index contributed by atoms with van der Waals surface area (Å²) in [5, 5.41) is 3.17. The third-order valence-corrected chi connectivity index (χ3v) is 2.31. The standard InChI is InChI=1S/C10H15N3O/c11-2-3-12-10-5-8-1-4-14-7-9(8)6-13-10/h5-6H,1-4,7,11H2,(H,12,13). The van der Waals surface area contributed by atoms with E-state index in [1.54, 1.807) is 0 Å². The van der Waals surface area contributed by atoms with E-state index in [4.69, 9.17) is 10.5 Å². The van der Waals surface area contributed by atoms with Crippen molar-refractivity contribution in [3.05, 3.63) is 23.4 Å². The van der Waals surface area contributed by atoms with Crippen LogP contribution in [0.5, 0.6) is 0 Å². The molecule has 4 nitrogen and oxygen atoms in total. The van der Waals surface area contributed by atoms with Crippen LogP contribution in [0.25, 0.3) is 0 Å². The van der Waals surface area contributed by atoms with Gasteiger partial charge in [0.15, 0.2) is 0 Å². The molecule has 0 spiro atoms. The maximum Gasteiger partial charge on any atom is 0.126 e. The van der Waals surface area contributed by atoms with Gasteiger partial charge in [-0.15, -0.1) is 0 Å². The first kappa shape index (κ1) is 9.43. The van der Waals surface area contributed by atoms with Crippen molar-refractivity contribution in [1.29, 1.82) is 0 Å². The minimum atomic E-state index is 0.627. The predicted octanol–water partition coefficient (Wildman–Crippen LogP) is 0.525. The first-order valence-corrected chi connectivity index (χ1v) is 4.89. The van der Waals surface area contributed by atoms with Crippen molar-refractivity contribution in [3.8, 4) is 0 Å². The molecule has 0 radical (unpaired) electrons. The van der Waals surface area contributed by atoms with Gasteiger partial charge in [0.05, 0.1) is 13.2 Å². The van der Waals surface area contributed by atoms with E-state index >= 15 is 0 Å². The molecule has 0 aromatic carbocycles. The van der Waals surface area contributed by atoms with Gasteiger partial charge in [-0.1, -0.05) is 0 Å². The molecule has 0 bridgehead atoms. The van der Waals surface area contributed by atoms with E-state index in [1.165, 1.54) is 11.1 Å².